The van der Waals surface area contributed by atoms with E-state index in [1.807, 2.05) is 0 Å². The van der Waals surface area contributed by atoms with E-state index in [-0.39, 0.29) is 5.69 Å². The van der Waals surface area contributed by atoms with E-state index >= 15 is 0 Å². The van der Waals surface area contributed by atoms with Gasteiger partial charge < -0.3 is 0 Å². The first-order chi connectivity index (χ1) is 7.27. The average Bonchev–Trinajstić information content (AvgIpc) is 2.30. The van der Waals surface area contributed by atoms with E-state index in [0.29, 0.717) is 12.4 Å². The minimum atomic E-state index is -0.464. The van der Waals surface area contributed by atoms with Crippen LogP contribution in [0.5, 0.6) is 0 Å². The number of hydrogen-bond acceptors (Lipinski definition) is 5. The number of aromatic nitrogens is 1. The summed E-state index contributed by atoms with van der Waals surface area (Å²) < 4.78 is 0. The van der Waals surface area contributed by atoms with Crippen molar-refractivity contribution in [3.63, 3.8) is 0 Å². The molecule has 0 bridgehead atoms. The van der Waals surface area contributed by atoms with Gasteiger partial charge in [-0.1, -0.05) is 0 Å². The van der Waals surface area contributed by atoms with Crippen molar-refractivity contribution in [3.8, 4) is 0 Å². The van der Waals surface area contributed by atoms with E-state index in [2.05, 4.69) is 4.98 Å². The summed E-state index contributed by atoms with van der Waals surface area (Å²) in [4.78, 5) is 19.3. The van der Waals surface area contributed by atoms with Gasteiger partial charge in [0, 0.05) is 12.6 Å². The molecule has 1 aliphatic rings. The monoisotopic (exact) mass is 209 g/mol. The topological polar surface area (TPSA) is 68.5 Å². The molecule has 6 heteroatoms. The number of rotatable bonds is 2. The van der Waals surface area contributed by atoms with Gasteiger partial charge in [0.15, 0.2) is 5.82 Å². The maximum atomic E-state index is 10.4. The summed E-state index contributed by atoms with van der Waals surface area (Å²) in [5, 5.41) is 12.1. The summed E-state index contributed by atoms with van der Waals surface area (Å²) in [6.45, 7) is 1.46. The molecule has 1 aliphatic heterocycles. The number of nitrogens with zero attached hydrogens (tertiary/aromatic N) is 3. The molecule has 1 aromatic rings. The Morgan fingerprint density at radius 2 is 2.33 bits per heavy atom. The van der Waals surface area contributed by atoms with Crippen molar-refractivity contribution in [1.29, 1.82) is 0 Å². The van der Waals surface area contributed by atoms with Gasteiger partial charge in [-0.25, -0.2) is 10.0 Å². The second kappa shape index (κ2) is 4.22. The van der Waals surface area contributed by atoms with Crippen LogP contribution < -0.4 is 5.06 Å². The van der Waals surface area contributed by atoms with Crippen LogP contribution in [-0.4, -0.2) is 23.1 Å². The predicted octanol–water partition coefficient (Wildman–Crippen LogP) is 1.52. The van der Waals surface area contributed by atoms with Crippen LogP contribution in [0.4, 0.5) is 11.5 Å². The minimum absolute atomic E-state index is 0.00393. The molecule has 0 aromatic carbocycles. The average molecular weight is 209 g/mol. The highest BCUT2D eigenvalue weighted by atomic mass is 16.7. The number of nitro groups is 1. The van der Waals surface area contributed by atoms with E-state index in [9.17, 15) is 10.1 Å². The Labute approximate surface area is 86.6 Å². The molecule has 1 saturated heterocycles. The molecule has 0 N–H and O–H groups in total. The van der Waals surface area contributed by atoms with Crippen molar-refractivity contribution in [2.24, 2.45) is 0 Å². The Morgan fingerprint density at radius 1 is 1.47 bits per heavy atom. The Morgan fingerprint density at radius 3 is 2.87 bits per heavy atom. The van der Waals surface area contributed by atoms with Crippen LogP contribution in [0.3, 0.4) is 0 Å². The highest BCUT2D eigenvalue weighted by molar-refractivity contribution is 5.40. The van der Waals surface area contributed by atoms with E-state index < -0.39 is 4.92 Å². The van der Waals surface area contributed by atoms with Gasteiger partial charge in [0.1, 0.15) is 6.20 Å². The molecular formula is C9H11N3O3. The molecule has 0 amide bonds. The highest BCUT2D eigenvalue weighted by Gasteiger charge is 2.14. The summed E-state index contributed by atoms with van der Waals surface area (Å²) in [6, 6.07) is 3.03. The van der Waals surface area contributed by atoms with Crippen molar-refractivity contribution >= 4 is 11.5 Å². The lowest BCUT2D eigenvalue weighted by Crippen LogP contribution is -2.30. The van der Waals surface area contributed by atoms with Crippen molar-refractivity contribution in [2.75, 3.05) is 18.2 Å². The van der Waals surface area contributed by atoms with Crippen molar-refractivity contribution in [3.05, 3.63) is 28.4 Å². The summed E-state index contributed by atoms with van der Waals surface area (Å²) in [5.74, 6) is 0.625. The Hall–Kier alpha value is -1.69. The van der Waals surface area contributed by atoms with E-state index in [1.54, 1.807) is 11.1 Å². The van der Waals surface area contributed by atoms with Gasteiger partial charge in [-0.3, -0.25) is 15.0 Å². The Balaban J connectivity index is 2.11. The molecule has 1 fully saturated rings. The van der Waals surface area contributed by atoms with Crippen LogP contribution in [0.25, 0.3) is 0 Å². The lowest BCUT2D eigenvalue weighted by Gasteiger charge is -2.26. The molecule has 0 radical (unpaired) electrons. The van der Waals surface area contributed by atoms with Crippen LogP contribution in [0.2, 0.25) is 0 Å². The third-order valence-corrected chi connectivity index (χ3v) is 2.20. The number of hydroxylamine groups is 1. The predicted molar refractivity (Wildman–Crippen MR) is 53.4 cm³/mol. The fourth-order valence-electron chi connectivity index (χ4n) is 1.41. The molecule has 0 atom stereocenters. The molecule has 2 heterocycles. The van der Waals surface area contributed by atoms with Crippen LogP contribution in [0.15, 0.2) is 18.3 Å². The van der Waals surface area contributed by atoms with Crippen LogP contribution in [0, 0.1) is 10.1 Å². The van der Waals surface area contributed by atoms with Crippen LogP contribution >= 0.6 is 0 Å². The van der Waals surface area contributed by atoms with Crippen molar-refractivity contribution in [2.45, 2.75) is 12.8 Å². The van der Waals surface area contributed by atoms with Gasteiger partial charge in [0.25, 0.3) is 5.69 Å². The lowest BCUT2D eigenvalue weighted by molar-refractivity contribution is -0.385. The normalized spacial score (nSPS) is 16.4. The summed E-state index contributed by atoms with van der Waals surface area (Å²) in [5.41, 5.74) is -0.00393. The van der Waals surface area contributed by atoms with E-state index in [1.165, 1.54) is 12.3 Å². The quantitative estimate of drug-likeness (QED) is 0.545. The lowest BCUT2D eigenvalue weighted by atomic mass is 10.3. The molecule has 0 spiro atoms. The molecule has 80 valence electrons. The molecule has 0 saturated carbocycles. The summed E-state index contributed by atoms with van der Waals surface area (Å²) in [6.07, 6.45) is 3.34. The second-order valence-electron chi connectivity index (χ2n) is 3.27. The number of hydrogen-bond donors (Lipinski definition) is 0. The largest absolute Gasteiger partial charge is 0.287 e. The van der Waals surface area contributed by atoms with Crippen LogP contribution in [0.1, 0.15) is 12.8 Å². The van der Waals surface area contributed by atoms with Gasteiger partial charge >= 0.3 is 0 Å². The zero-order valence-corrected chi connectivity index (χ0v) is 8.13. The van der Waals surface area contributed by atoms with Gasteiger partial charge in [-0.2, -0.15) is 0 Å². The highest BCUT2D eigenvalue weighted by Crippen LogP contribution is 2.18. The smallest absolute Gasteiger partial charge is 0.272 e. The molecule has 6 nitrogen and oxygen atoms in total. The summed E-state index contributed by atoms with van der Waals surface area (Å²) in [7, 11) is 0. The van der Waals surface area contributed by atoms with Crippen molar-refractivity contribution < 1.29 is 9.76 Å². The van der Waals surface area contributed by atoms with Gasteiger partial charge in [-0.05, 0) is 18.9 Å². The fraction of sp³-hybridized carbons (Fsp3) is 0.444. The fourth-order valence-corrected chi connectivity index (χ4v) is 1.41. The Bertz CT molecular complexity index is 346. The molecule has 2 rings (SSSR count). The third-order valence-electron chi connectivity index (χ3n) is 2.20. The first-order valence-corrected chi connectivity index (χ1v) is 4.78. The SMILES string of the molecule is O=[N+]([O-])c1ccc(N2CCCCO2)nc1. The van der Waals surface area contributed by atoms with Gasteiger partial charge in [0.05, 0.1) is 11.5 Å². The third kappa shape index (κ3) is 2.21. The zero-order valence-electron chi connectivity index (χ0n) is 8.13. The molecule has 15 heavy (non-hydrogen) atoms. The second-order valence-corrected chi connectivity index (χ2v) is 3.27. The van der Waals surface area contributed by atoms with Crippen molar-refractivity contribution in [1.82, 2.24) is 4.98 Å². The first kappa shape index (κ1) is 9.85. The van der Waals surface area contributed by atoms with Gasteiger partial charge in [-0.15, -0.1) is 0 Å². The standard InChI is InChI=1S/C9H11N3O3/c13-12(14)8-3-4-9(10-7-8)11-5-1-2-6-15-11/h3-4,7H,1-2,5-6H2. The van der Waals surface area contributed by atoms with Gasteiger partial charge in [0.2, 0.25) is 0 Å². The first-order valence-electron chi connectivity index (χ1n) is 4.78. The summed E-state index contributed by atoms with van der Waals surface area (Å²) >= 11 is 0. The Kier molecular flexibility index (Phi) is 2.77. The maximum absolute atomic E-state index is 10.4. The molecule has 0 aliphatic carbocycles. The zero-order chi connectivity index (χ0) is 10.7. The van der Waals surface area contributed by atoms with Crippen LogP contribution in [-0.2, 0) is 4.84 Å². The number of anilines is 1. The minimum Gasteiger partial charge on any atom is -0.272 e. The number of pyridine rings is 1. The molecule has 1 aromatic heterocycles. The maximum Gasteiger partial charge on any atom is 0.287 e. The van der Waals surface area contributed by atoms with E-state index in [4.69, 9.17) is 4.84 Å². The molecular weight excluding hydrogens is 198 g/mol. The van der Waals surface area contributed by atoms with E-state index in [0.717, 1.165) is 19.4 Å². The molecule has 0 unspecified atom stereocenters.